The highest BCUT2D eigenvalue weighted by atomic mass is 16.5. The molecule has 31 heavy (non-hydrogen) atoms. The average Bonchev–Trinajstić information content (AvgIpc) is 3.17. The molecule has 2 aliphatic rings. The van der Waals surface area contributed by atoms with Crippen LogP contribution >= 0.6 is 0 Å². The SMILES string of the molecule is CN1CCN(Cc2ccc3[nH]c4c(c3c2)CCN(c2ncc(C(=O)NO)cn2)C4)CC1. The minimum absolute atomic E-state index is 0.224. The maximum Gasteiger partial charge on any atom is 0.277 e. The van der Waals surface area contributed by atoms with Crippen molar-refractivity contribution in [2.24, 2.45) is 0 Å². The third kappa shape index (κ3) is 3.99. The number of benzene rings is 1. The molecule has 5 rings (SSSR count). The lowest BCUT2D eigenvalue weighted by atomic mass is 10.0. The van der Waals surface area contributed by atoms with Gasteiger partial charge in [-0.05, 0) is 36.7 Å². The molecular weight excluding hydrogens is 394 g/mol. The number of aromatic amines is 1. The maximum absolute atomic E-state index is 11.5. The quantitative estimate of drug-likeness (QED) is 0.432. The molecule has 9 nitrogen and oxygen atoms in total. The fraction of sp³-hybridized carbons (Fsp3) is 0.409. The van der Waals surface area contributed by atoms with Gasteiger partial charge in [0.05, 0.1) is 12.1 Å². The van der Waals surface area contributed by atoms with Crippen molar-refractivity contribution in [1.29, 1.82) is 0 Å². The summed E-state index contributed by atoms with van der Waals surface area (Å²) in [6.07, 6.45) is 3.77. The van der Waals surface area contributed by atoms with Crippen LogP contribution in [0.5, 0.6) is 0 Å². The lowest BCUT2D eigenvalue weighted by Crippen LogP contribution is -2.43. The lowest BCUT2D eigenvalue weighted by Gasteiger charge is -2.32. The zero-order chi connectivity index (χ0) is 21.4. The Morgan fingerprint density at radius 1 is 1.16 bits per heavy atom. The van der Waals surface area contributed by atoms with E-state index in [4.69, 9.17) is 5.21 Å². The molecule has 1 amide bonds. The smallest absolute Gasteiger partial charge is 0.277 e. The van der Waals surface area contributed by atoms with E-state index in [-0.39, 0.29) is 5.56 Å². The van der Waals surface area contributed by atoms with Gasteiger partial charge >= 0.3 is 0 Å². The number of aromatic nitrogens is 3. The standard InChI is InChI=1S/C22H27N7O2/c1-27-6-8-28(9-7-27)13-15-2-3-19-18(10-15)17-4-5-29(14-20(17)25-19)22-23-11-16(12-24-22)21(30)26-31/h2-3,10-12,25,31H,4-9,13-14H2,1H3,(H,26,30). The van der Waals surface area contributed by atoms with Crippen LogP contribution < -0.4 is 10.4 Å². The number of amides is 1. The van der Waals surface area contributed by atoms with Gasteiger partial charge in [0.1, 0.15) is 0 Å². The van der Waals surface area contributed by atoms with Gasteiger partial charge in [0, 0.05) is 68.3 Å². The molecule has 9 heteroatoms. The normalized spacial score (nSPS) is 17.7. The Hall–Kier alpha value is -3.01. The summed E-state index contributed by atoms with van der Waals surface area (Å²) < 4.78 is 0. The van der Waals surface area contributed by atoms with E-state index in [1.54, 1.807) is 5.48 Å². The molecule has 0 radical (unpaired) electrons. The van der Waals surface area contributed by atoms with Crippen LogP contribution in [0.25, 0.3) is 10.9 Å². The van der Waals surface area contributed by atoms with Gasteiger partial charge in [0.25, 0.3) is 5.91 Å². The number of rotatable bonds is 4. The van der Waals surface area contributed by atoms with Gasteiger partial charge in [-0.1, -0.05) is 6.07 Å². The van der Waals surface area contributed by atoms with Crippen molar-refractivity contribution < 1.29 is 10.0 Å². The molecule has 0 atom stereocenters. The number of likely N-dealkylation sites (N-methyl/N-ethyl adjacent to an activating group) is 1. The summed E-state index contributed by atoms with van der Waals surface area (Å²) in [5, 5.41) is 10.0. The van der Waals surface area contributed by atoms with E-state index in [9.17, 15) is 4.79 Å². The second-order valence-corrected chi connectivity index (χ2v) is 8.43. The van der Waals surface area contributed by atoms with E-state index in [1.165, 1.54) is 40.1 Å². The van der Waals surface area contributed by atoms with Crippen LogP contribution in [0.2, 0.25) is 0 Å². The Morgan fingerprint density at radius 2 is 1.94 bits per heavy atom. The highest BCUT2D eigenvalue weighted by Gasteiger charge is 2.23. The fourth-order valence-corrected chi connectivity index (χ4v) is 4.49. The first-order valence-corrected chi connectivity index (χ1v) is 10.7. The van der Waals surface area contributed by atoms with Gasteiger partial charge in [-0.2, -0.15) is 0 Å². The molecule has 1 fully saturated rings. The second kappa shape index (κ2) is 8.26. The van der Waals surface area contributed by atoms with E-state index in [1.807, 2.05) is 0 Å². The highest BCUT2D eigenvalue weighted by Crippen LogP contribution is 2.30. The summed E-state index contributed by atoms with van der Waals surface area (Å²) in [6.45, 7) is 7.01. The van der Waals surface area contributed by atoms with E-state index < -0.39 is 5.91 Å². The van der Waals surface area contributed by atoms with Crippen LogP contribution in [0.15, 0.2) is 30.6 Å². The zero-order valence-corrected chi connectivity index (χ0v) is 17.6. The summed E-state index contributed by atoms with van der Waals surface area (Å²) in [7, 11) is 2.18. The van der Waals surface area contributed by atoms with Gasteiger partial charge in [0.2, 0.25) is 5.95 Å². The predicted molar refractivity (Wildman–Crippen MR) is 117 cm³/mol. The third-order valence-corrected chi connectivity index (χ3v) is 6.33. The number of carbonyl (C=O) groups excluding carboxylic acids is 1. The molecule has 162 valence electrons. The van der Waals surface area contributed by atoms with Gasteiger partial charge in [-0.15, -0.1) is 0 Å². The van der Waals surface area contributed by atoms with Crippen molar-refractivity contribution >= 4 is 22.8 Å². The number of nitrogens with zero attached hydrogens (tertiary/aromatic N) is 5. The third-order valence-electron chi connectivity index (χ3n) is 6.33. The van der Waals surface area contributed by atoms with Gasteiger partial charge in [-0.3, -0.25) is 14.9 Å². The number of fused-ring (bicyclic) bond motifs is 3. The van der Waals surface area contributed by atoms with Crippen molar-refractivity contribution in [2.45, 2.75) is 19.5 Å². The monoisotopic (exact) mass is 421 g/mol. The van der Waals surface area contributed by atoms with Crippen molar-refractivity contribution in [3.05, 3.63) is 53.0 Å². The molecule has 0 bridgehead atoms. The lowest BCUT2D eigenvalue weighted by molar-refractivity contribution is 0.0705. The molecule has 0 spiro atoms. The largest absolute Gasteiger partial charge is 0.357 e. The number of nitrogens with one attached hydrogen (secondary N) is 2. The van der Waals surface area contributed by atoms with Crippen LogP contribution in [0.1, 0.15) is 27.2 Å². The Morgan fingerprint density at radius 3 is 2.68 bits per heavy atom. The molecular formula is C22H27N7O2. The second-order valence-electron chi connectivity index (χ2n) is 8.43. The molecule has 0 saturated carbocycles. The van der Waals surface area contributed by atoms with Crippen molar-refractivity contribution in [3.8, 4) is 0 Å². The molecule has 2 aliphatic heterocycles. The number of carbonyl (C=O) groups is 1. The molecule has 1 aromatic carbocycles. The zero-order valence-electron chi connectivity index (χ0n) is 17.6. The average molecular weight is 422 g/mol. The summed E-state index contributed by atoms with van der Waals surface area (Å²) in [4.78, 5) is 30.7. The van der Waals surface area contributed by atoms with Crippen LogP contribution in [0.4, 0.5) is 5.95 Å². The molecule has 0 aliphatic carbocycles. The van der Waals surface area contributed by atoms with Crippen molar-refractivity contribution in [3.63, 3.8) is 0 Å². The van der Waals surface area contributed by atoms with E-state index in [0.29, 0.717) is 12.5 Å². The van der Waals surface area contributed by atoms with Crippen LogP contribution in [0.3, 0.4) is 0 Å². The number of hydrogen-bond acceptors (Lipinski definition) is 7. The number of piperazine rings is 1. The number of hydrogen-bond donors (Lipinski definition) is 3. The van der Waals surface area contributed by atoms with E-state index in [2.05, 4.69) is 54.9 Å². The van der Waals surface area contributed by atoms with Crippen LogP contribution in [-0.4, -0.2) is 75.6 Å². The Balaban J connectivity index is 1.33. The number of H-pyrrole nitrogens is 1. The van der Waals surface area contributed by atoms with Gasteiger partial charge < -0.3 is 14.8 Å². The van der Waals surface area contributed by atoms with Gasteiger partial charge in [0.15, 0.2) is 0 Å². The summed E-state index contributed by atoms with van der Waals surface area (Å²) in [5.41, 5.74) is 6.93. The number of anilines is 1. The van der Waals surface area contributed by atoms with Gasteiger partial charge in [-0.25, -0.2) is 15.4 Å². The highest BCUT2D eigenvalue weighted by molar-refractivity contribution is 5.92. The van der Waals surface area contributed by atoms with Crippen LogP contribution in [-0.2, 0) is 19.5 Å². The van der Waals surface area contributed by atoms with E-state index >= 15 is 0 Å². The molecule has 3 aromatic rings. The molecule has 4 heterocycles. The first-order chi connectivity index (χ1) is 15.1. The summed E-state index contributed by atoms with van der Waals surface area (Å²) >= 11 is 0. The Labute approximate surface area is 180 Å². The summed E-state index contributed by atoms with van der Waals surface area (Å²) in [5.74, 6) is -0.0370. The molecule has 1 saturated heterocycles. The fourth-order valence-electron chi connectivity index (χ4n) is 4.49. The van der Waals surface area contributed by atoms with E-state index in [0.717, 1.165) is 45.7 Å². The summed E-state index contributed by atoms with van der Waals surface area (Å²) in [6, 6.07) is 6.77. The molecule has 2 aromatic heterocycles. The maximum atomic E-state index is 11.5. The molecule has 0 unspecified atom stereocenters. The minimum Gasteiger partial charge on any atom is -0.357 e. The van der Waals surface area contributed by atoms with Crippen molar-refractivity contribution in [2.75, 3.05) is 44.7 Å². The Kier molecular flexibility index (Phi) is 5.31. The molecule has 3 N–H and O–H groups in total. The van der Waals surface area contributed by atoms with Crippen LogP contribution in [0, 0.1) is 0 Å². The topological polar surface area (TPSA) is 101 Å². The first-order valence-electron chi connectivity index (χ1n) is 10.7. The minimum atomic E-state index is -0.615. The van der Waals surface area contributed by atoms with Crippen molar-refractivity contribution in [1.82, 2.24) is 30.2 Å². The Bertz CT molecular complexity index is 1090. The predicted octanol–water partition coefficient (Wildman–Crippen LogP) is 1.39. The number of hydroxylamine groups is 1. The first kappa shape index (κ1) is 19.9.